The molecular weight excluding hydrogens is 342 g/mol. The average molecular weight is 353 g/mol. The second kappa shape index (κ2) is 6.24. The Balaban J connectivity index is 2.07. The number of rotatable bonds is 2. The first-order chi connectivity index (χ1) is 11.0. The molecule has 1 N–H and O–H groups in total. The Morgan fingerprint density at radius 2 is 2.26 bits per heavy atom. The highest BCUT2D eigenvalue weighted by atomic mass is 35.5. The van der Waals surface area contributed by atoms with Gasteiger partial charge in [-0.15, -0.1) is 0 Å². The van der Waals surface area contributed by atoms with Crippen LogP contribution in [0.5, 0.6) is 0 Å². The van der Waals surface area contributed by atoms with Crippen LogP contribution in [-0.4, -0.2) is 40.6 Å². The molecule has 2 aromatic heterocycles. The van der Waals surface area contributed by atoms with Gasteiger partial charge in [-0.2, -0.15) is 10.2 Å². The second-order valence-corrected chi connectivity index (χ2v) is 5.73. The Morgan fingerprint density at radius 3 is 3.00 bits per heavy atom. The third-order valence-corrected chi connectivity index (χ3v) is 4.07. The summed E-state index contributed by atoms with van der Waals surface area (Å²) in [4.78, 5) is 13.8. The first-order valence-electron chi connectivity index (χ1n) is 6.75. The molecule has 3 rings (SSSR count). The van der Waals surface area contributed by atoms with Crippen LogP contribution in [0.1, 0.15) is 0 Å². The number of pyridine rings is 1. The Labute approximate surface area is 141 Å². The number of anilines is 1. The average Bonchev–Trinajstić information content (AvgIpc) is 2.57. The normalized spacial score (nSPS) is 18.0. The Kier molecular flexibility index (Phi) is 4.31. The molecule has 1 aliphatic heterocycles. The molecule has 0 spiro atoms. The van der Waals surface area contributed by atoms with Crippen molar-refractivity contribution in [2.24, 2.45) is 0 Å². The quantitative estimate of drug-likeness (QED) is 0.507. The molecule has 23 heavy (non-hydrogen) atoms. The summed E-state index contributed by atoms with van der Waals surface area (Å²) in [5.74, 6) is -0.275. The molecule has 118 valence electrons. The molecule has 6 nitrogen and oxygen atoms in total. The first-order valence-corrected chi connectivity index (χ1v) is 7.51. The van der Waals surface area contributed by atoms with Crippen LogP contribution in [0.2, 0.25) is 10.4 Å². The predicted octanol–water partition coefficient (Wildman–Crippen LogP) is 2.33. The number of aromatic nitrogens is 3. The molecule has 9 heteroatoms. The van der Waals surface area contributed by atoms with Gasteiger partial charge in [-0.1, -0.05) is 18.2 Å². The molecule has 1 atom stereocenters. The first kappa shape index (κ1) is 15.9. The van der Waals surface area contributed by atoms with Gasteiger partial charge in [0.2, 0.25) is 5.28 Å². The minimum absolute atomic E-state index is 0.0224. The van der Waals surface area contributed by atoms with E-state index in [9.17, 15) is 4.39 Å². The lowest BCUT2D eigenvalue weighted by atomic mass is 10.1. The van der Waals surface area contributed by atoms with Gasteiger partial charge in [0.1, 0.15) is 11.3 Å². The number of hydrogen-bond donors (Lipinski definition) is 1. The van der Waals surface area contributed by atoms with Gasteiger partial charge in [0.15, 0.2) is 11.0 Å². The molecule has 1 saturated heterocycles. The summed E-state index contributed by atoms with van der Waals surface area (Å²) in [6, 6.07) is 1.83. The Hall–Kier alpha value is -2.01. The highest BCUT2D eigenvalue weighted by Crippen LogP contribution is 2.29. The van der Waals surface area contributed by atoms with Crippen molar-refractivity contribution in [3.63, 3.8) is 0 Å². The van der Waals surface area contributed by atoms with Gasteiger partial charge in [0.05, 0.1) is 17.5 Å². The molecule has 0 radical (unpaired) electrons. The van der Waals surface area contributed by atoms with Crippen molar-refractivity contribution in [3.8, 4) is 6.07 Å². The van der Waals surface area contributed by atoms with E-state index >= 15 is 0 Å². The van der Waals surface area contributed by atoms with Crippen LogP contribution in [0.3, 0.4) is 0 Å². The molecule has 2 aromatic rings. The fourth-order valence-electron chi connectivity index (χ4n) is 2.49. The van der Waals surface area contributed by atoms with E-state index in [4.69, 9.17) is 28.5 Å². The van der Waals surface area contributed by atoms with E-state index in [1.807, 2.05) is 11.0 Å². The SMILES string of the molecule is C=C(C#N)[C@H]1CN(c2nc(Cl)nc3c(F)c(Cl)ncc23)CCN1. The smallest absolute Gasteiger partial charge is 0.225 e. The van der Waals surface area contributed by atoms with Crippen LogP contribution in [-0.2, 0) is 0 Å². The summed E-state index contributed by atoms with van der Waals surface area (Å²) < 4.78 is 14.2. The maximum absolute atomic E-state index is 14.2. The Morgan fingerprint density at radius 1 is 1.48 bits per heavy atom. The van der Waals surface area contributed by atoms with Crippen LogP contribution in [0, 0.1) is 17.1 Å². The number of halogens is 3. The van der Waals surface area contributed by atoms with Gasteiger partial charge in [-0.3, -0.25) is 0 Å². The van der Waals surface area contributed by atoms with E-state index in [0.717, 1.165) is 0 Å². The van der Waals surface area contributed by atoms with Crippen LogP contribution < -0.4 is 10.2 Å². The predicted molar refractivity (Wildman–Crippen MR) is 86.1 cm³/mol. The standard InChI is InChI=1S/C14H11Cl2FN6/c1-7(4-18)9-6-23(3-2-19-9)13-8-5-20-12(15)10(17)11(8)21-14(16)22-13/h5,9,19H,1-3,6H2/t9-/m1/s1. The van der Waals surface area contributed by atoms with E-state index in [1.165, 1.54) is 6.20 Å². The topological polar surface area (TPSA) is 77.7 Å². The summed E-state index contributed by atoms with van der Waals surface area (Å²) in [6.45, 7) is 5.43. The lowest BCUT2D eigenvalue weighted by Crippen LogP contribution is -2.51. The largest absolute Gasteiger partial charge is 0.353 e. The number of piperazine rings is 1. The molecule has 1 aliphatic rings. The highest BCUT2D eigenvalue weighted by molar-refractivity contribution is 6.30. The molecule has 0 bridgehead atoms. The molecule has 0 unspecified atom stereocenters. The number of hydrogen-bond acceptors (Lipinski definition) is 6. The summed E-state index contributed by atoms with van der Waals surface area (Å²) >= 11 is 11.6. The molecule has 0 amide bonds. The molecular formula is C14H11Cl2FN6. The van der Waals surface area contributed by atoms with E-state index in [-0.39, 0.29) is 22.0 Å². The third-order valence-electron chi connectivity index (χ3n) is 3.63. The third kappa shape index (κ3) is 2.93. The highest BCUT2D eigenvalue weighted by Gasteiger charge is 2.25. The van der Waals surface area contributed by atoms with Crippen molar-refractivity contribution in [1.82, 2.24) is 20.3 Å². The van der Waals surface area contributed by atoms with Crippen molar-refractivity contribution in [3.05, 3.63) is 34.6 Å². The maximum Gasteiger partial charge on any atom is 0.225 e. The van der Waals surface area contributed by atoms with Crippen molar-refractivity contribution < 1.29 is 4.39 Å². The fraction of sp³-hybridized carbons (Fsp3) is 0.286. The summed E-state index contributed by atoms with van der Waals surface area (Å²) in [7, 11) is 0. The zero-order chi connectivity index (χ0) is 16.6. The van der Waals surface area contributed by atoms with E-state index in [0.29, 0.717) is 36.4 Å². The number of fused-ring (bicyclic) bond motifs is 1. The van der Waals surface area contributed by atoms with Crippen molar-refractivity contribution in [2.45, 2.75) is 6.04 Å². The lowest BCUT2D eigenvalue weighted by Gasteiger charge is -2.34. The number of nitrogens with one attached hydrogen (secondary N) is 1. The van der Waals surface area contributed by atoms with Gasteiger partial charge in [0, 0.05) is 31.4 Å². The van der Waals surface area contributed by atoms with Gasteiger partial charge in [-0.25, -0.2) is 14.4 Å². The summed E-state index contributed by atoms with van der Waals surface area (Å²) in [6.07, 6.45) is 1.42. The summed E-state index contributed by atoms with van der Waals surface area (Å²) in [5, 5.41) is 12.3. The van der Waals surface area contributed by atoms with E-state index < -0.39 is 5.82 Å². The monoisotopic (exact) mass is 352 g/mol. The number of nitriles is 1. The van der Waals surface area contributed by atoms with Crippen LogP contribution in [0.25, 0.3) is 10.9 Å². The van der Waals surface area contributed by atoms with Gasteiger partial charge < -0.3 is 10.2 Å². The lowest BCUT2D eigenvalue weighted by molar-refractivity contribution is 0.506. The number of nitrogens with zero attached hydrogens (tertiary/aromatic N) is 5. The Bertz CT molecular complexity index is 834. The molecule has 0 aromatic carbocycles. The molecule has 3 heterocycles. The maximum atomic E-state index is 14.2. The summed E-state index contributed by atoms with van der Waals surface area (Å²) in [5.41, 5.74) is 0.445. The van der Waals surface area contributed by atoms with Crippen LogP contribution >= 0.6 is 23.2 Å². The van der Waals surface area contributed by atoms with Gasteiger partial charge in [0.25, 0.3) is 0 Å². The molecule has 0 saturated carbocycles. The second-order valence-electron chi connectivity index (χ2n) is 5.03. The van der Waals surface area contributed by atoms with Gasteiger partial charge >= 0.3 is 0 Å². The van der Waals surface area contributed by atoms with Crippen molar-refractivity contribution >= 4 is 39.9 Å². The minimum atomic E-state index is -0.733. The zero-order valence-corrected chi connectivity index (χ0v) is 13.4. The van der Waals surface area contributed by atoms with Crippen molar-refractivity contribution in [1.29, 1.82) is 5.26 Å². The zero-order valence-electron chi connectivity index (χ0n) is 11.9. The van der Waals surface area contributed by atoms with E-state index in [1.54, 1.807) is 0 Å². The fourth-order valence-corrected chi connectivity index (χ4v) is 2.79. The van der Waals surface area contributed by atoms with Gasteiger partial charge in [-0.05, 0) is 11.6 Å². The van der Waals surface area contributed by atoms with Crippen LogP contribution in [0.15, 0.2) is 18.3 Å². The van der Waals surface area contributed by atoms with E-state index in [2.05, 4.69) is 26.8 Å². The van der Waals surface area contributed by atoms with Crippen molar-refractivity contribution in [2.75, 3.05) is 24.5 Å². The minimum Gasteiger partial charge on any atom is -0.353 e. The van der Waals surface area contributed by atoms with Crippen LogP contribution in [0.4, 0.5) is 10.2 Å². The molecule has 0 aliphatic carbocycles. The molecule has 1 fully saturated rings.